The number of hydrogen-bond donors (Lipinski definition) is 2. The van der Waals surface area contributed by atoms with Crippen LogP contribution in [0.5, 0.6) is 0 Å². The van der Waals surface area contributed by atoms with Crippen molar-refractivity contribution in [1.82, 2.24) is 30.0 Å². The third kappa shape index (κ3) is 9.22. The molecule has 0 saturated carbocycles. The Kier molecular flexibility index (Phi) is 12.2. The summed E-state index contributed by atoms with van der Waals surface area (Å²) in [5.74, 6) is -0.239. The Morgan fingerprint density at radius 2 is 1.67 bits per heavy atom. The molecule has 0 aliphatic carbocycles. The summed E-state index contributed by atoms with van der Waals surface area (Å²) < 4.78 is 5.78. The predicted octanol–water partition coefficient (Wildman–Crippen LogP) is 6.04. The molecule has 0 spiro atoms. The lowest BCUT2D eigenvalue weighted by molar-refractivity contribution is -0.00252. The van der Waals surface area contributed by atoms with Crippen molar-refractivity contribution in [3.8, 4) is 11.1 Å². The molecule has 2 N–H and O–H groups in total. The van der Waals surface area contributed by atoms with Crippen molar-refractivity contribution in [1.29, 1.82) is 0 Å². The molecule has 4 heterocycles. The highest BCUT2D eigenvalue weighted by Gasteiger charge is 2.39. The number of carbonyl (C=O) groups is 2. The van der Waals surface area contributed by atoms with Crippen LogP contribution in [0.1, 0.15) is 92.8 Å². The molecule has 2 fully saturated rings. The average molecular weight is 714 g/mol. The standard InChI is InChI=1S/C41H59N7O4/c1-11-47(34-19-28(4)48(29(5)20-34)40(51)52-41(7,8)9)37-22-32(31-12-13-33(42-23-31)25-46-16-14-45(10)15-17-46)21-35(30(37)6)38(49)43-24-36-26(2)18-27(3)44-39(36)50/h12-13,18,21-23,28-29,34H,11,14-17,19-20,24-25H2,1-10H3,(H,43,49)(H,44,50)/t28-,29-/m1/s1. The van der Waals surface area contributed by atoms with Crippen molar-refractivity contribution >= 4 is 17.7 Å². The van der Waals surface area contributed by atoms with Gasteiger partial charge in [-0.1, -0.05) is 6.07 Å². The number of hydrogen-bond acceptors (Lipinski definition) is 8. The number of pyridine rings is 2. The molecule has 2 amide bonds. The van der Waals surface area contributed by atoms with Crippen LogP contribution in [0.25, 0.3) is 11.1 Å². The van der Waals surface area contributed by atoms with Crippen LogP contribution in [0.2, 0.25) is 0 Å². The second-order valence-electron chi connectivity index (χ2n) is 15.9. The van der Waals surface area contributed by atoms with Gasteiger partial charge in [0, 0.05) is 98.2 Å². The fraction of sp³-hybridized carbons (Fsp3) is 0.561. The van der Waals surface area contributed by atoms with E-state index in [2.05, 4.69) is 71.0 Å². The van der Waals surface area contributed by atoms with Gasteiger partial charge in [0.15, 0.2) is 0 Å². The van der Waals surface area contributed by atoms with E-state index in [-0.39, 0.29) is 42.2 Å². The zero-order valence-electron chi connectivity index (χ0n) is 32.9. The first-order valence-electron chi connectivity index (χ1n) is 18.8. The van der Waals surface area contributed by atoms with Gasteiger partial charge in [0.05, 0.1) is 5.69 Å². The number of anilines is 1. The average Bonchev–Trinajstić information content (AvgIpc) is 3.05. The molecule has 2 aliphatic heterocycles. The van der Waals surface area contributed by atoms with E-state index in [1.165, 1.54) is 0 Å². The van der Waals surface area contributed by atoms with Crippen LogP contribution in [-0.2, 0) is 17.8 Å². The Labute approximate surface area is 309 Å². The molecule has 2 saturated heterocycles. The van der Waals surface area contributed by atoms with Crippen molar-refractivity contribution in [2.24, 2.45) is 0 Å². The van der Waals surface area contributed by atoms with Gasteiger partial charge in [0.25, 0.3) is 11.5 Å². The molecule has 1 aromatic carbocycles. The SMILES string of the molecule is CCN(c1cc(-c2ccc(CN3CCN(C)CC3)nc2)cc(C(=O)NCc2c(C)cc(C)[nH]c2=O)c1C)C1C[C@@H](C)N(C(=O)OC(C)(C)C)[C@H](C)C1. The Balaban J connectivity index is 1.47. The quantitative estimate of drug-likeness (QED) is 0.276. The molecule has 3 aromatic rings. The van der Waals surface area contributed by atoms with Crippen LogP contribution in [0.4, 0.5) is 10.5 Å². The molecule has 0 radical (unpaired) electrons. The zero-order chi connectivity index (χ0) is 37.9. The minimum atomic E-state index is -0.569. The molecule has 11 heteroatoms. The van der Waals surface area contributed by atoms with Crippen molar-refractivity contribution in [3.63, 3.8) is 0 Å². The Morgan fingerprint density at radius 1 is 1.00 bits per heavy atom. The Morgan fingerprint density at radius 3 is 2.25 bits per heavy atom. The minimum Gasteiger partial charge on any atom is -0.444 e. The fourth-order valence-corrected chi connectivity index (χ4v) is 7.79. The highest BCUT2D eigenvalue weighted by Crippen LogP contribution is 2.36. The molecular weight excluding hydrogens is 654 g/mol. The van der Waals surface area contributed by atoms with Crippen molar-refractivity contribution in [2.45, 2.75) is 112 Å². The predicted molar refractivity (Wildman–Crippen MR) is 208 cm³/mol. The number of aromatic nitrogens is 2. The van der Waals surface area contributed by atoms with E-state index in [9.17, 15) is 14.4 Å². The Bertz CT molecular complexity index is 1780. The number of likely N-dealkylation sites (N-methyl/N-ethyl adjacent to an activating group) is 1. The van der Waals surface area contributed by atoms with Gasteiger partial charge in [0.2, 0.25) is 0 Å². The van der Waals surface area contributed by atoms with Gasteiger partial charge in [-0.05, 0) is 123 Å². The van der Waals surface area contributed by atoms with E-state index in [1.807, 2.05) is 64.8 Å². The van der Waals surface area contributed by atoms with E-state index >= 15 is 0 Å². The van der Waals surface area contributed by atoms with Crippen molar-refractivity contribution in [3.05, 3.63) is 80.5 Å². The van der Waals surface area contributed by atoms with Crippen LogP contribution < -0.4 is 15.8 Å². The van der Waals surface area contributed by atoms with Crippen LogP contribution in [0.3, 0.4) is 0 Å². The molecule has 52 heavy (non-hydrogen) atoms. The number of rotatable bonds is 9. The minimum absolute atomic E-state index is 0.0307. The monoisotopic (exact) mass is 713 g/mol. The lowest BCUT2D eigenvalue weighted by atomic mass is 9.90. The third-order valence-electron chi connectivity index (χ3n) is 10.6. The normalized spacial score (nSPS) is 20.1. The topological polar surface area (TPSA) is 114 Å². The molecule has 0 bridgehead atoms. The summed E-state index contributed by atoms with van der Waals surface area (Å²) in [6.07, 6.45) is 3.16. The number of benzene rings is 1. The molecular formula is C41H59N7O4. The number of H-pyrrole nitrogens is 1. The maximum absolute atomic E-state index is 14.1. The lowest BCUT2D eigenvalue weighted by Gasteiger charge is -2.47. The van der Waals surface area contributed by atoms with Crippen LogP contribution in [-0.4, -0.2) is 100 Å². The largest absolute Gasteiger partial charge is 0.444 e. The van der Waals surface area contributed by atoms with Crippen LogP contribution >= 0.6 is 0 Å². The molecule has 11 nitrogen and oxygen atoms in total. The number of piperidine rings is 1. The van der Waals surface area contributed by atoms with E-state index < -0.39 is 5.60 Å². The van der Waals surface area contributed by atoms with Crippen molar-refractivity contribution in [2.75, 3.05) is 44.7 Å². The number of aromatic amines is 1. The lowest BCUT2D eigenvalue weighted by Crippen LogP contribution is -2.56. The molecule has 2 aromatic heterocycles. The number of nitrogens with one attached hydrogen (secondary N) is 2. The first-order chi connectivity index (χ1) is 24.5. The second kappa shape index (κ2) is 16.2. The third-order valence-corrected chi connectivity index (χ3v) is 10.6. The summed E-state index contributed by atoms with van der Waals surface area (Å²) >= 11 is 0. The number of aryl methyl sites for hydroxylation is 2. The van der Waals surface area contributed by atoms with Gasteiger partial charge in [-0.15, -0.1) is 0 Å². The summed E-state index contributed by atoms with van der Waals surface area (Å²) in [5, 5.41) is 3.05. The maximum atomic E-state index is 14.1. The molecule has 2 aliphatic rings. The second-order valence-corrected chi connectivity index (χ2v) is 15.9. The van der Waals surface area contributed by atoms with E-state index in [0.717, 1.165) is 91.4 Å². The number of carbonyl (C=O) groups excluding carboxylic acids is 2. The highest BCUT2D eigenvalue weighted by atomic mass is 16.6. The summed E-state index contributed by atoms with van der Waals surface area (Å²) in [6.45, 7) is 23.6. The van der Waals surface area contributed by atoms with E-state index in [0.29, 0.717) is 11.1 Å². The molecule has 282 valence electrons. The number of nitrogens with zero attached hydrogens (tertiary/aromatic N) is 5. The van der Waals surface area contributed by atoms with E-state index in [1.54, 1.807) is 0 Å². The molecule has 5 rings (SSSR count). The maximum Gasteiger partial charge on any atom is 0.410 e. The van der Waals surface area contributed by atoms with Gasteiger partial charge in [-0.2, -0.15) is 0 Å². The van der Waals surface area contributed by atoms with Gasteiger partial charge in [-0.25, -0.2) is 4.79 Å². The van der Waals surface area contributed by atoms with Crippen molar-refractivity contribution < 1.29 is 14.3 Å². The number of ether oxygens (including phenoxy) is 1. The first kappa shape index (κ1) is 39.0. The summed E-state index contributed by atoms with van der Waals surface area (Å²) in [4.78, 5) is 56.8. The van der Waals surface area contributed by atoms with Gasteiger partial charge >= 0.3 is 6.09 Å². The summed E-state index contributed by atoms with van der Waals surface area (Å²) in [5.41, 5.74) is 6.67. The summed E-state index contributed by atoms with van der Waals surface area (Å²) in [7, 11) is 2.16. The highest BCUT2D eigenvalue weighted by molar-refractivity contribution is 5.99. The van der Waals surface area contributed by atoms with Crippen LogP contribution in [0, 0.1) is 20.8 Å². The summed E-state index contributed by atoms with van der Waals surface area (Å²) in [6, 6.07) is 10.3. The Hall–Kier alpha value is -4.22. The molecule has 0 unspecified atom stereocenters. The zero-order valence-corrected chi connectivity index (χ0v) is 32.9. The molecule has 2 atom stereocenters. The number of piperazine rings is 1. The van der Waals surface area contributed by atoms with Crippen LogP contribution in [0.15, 0.2) is 41.3 Å². The van der Waals surface area contributed by atoms with E-state index in [4.69, 9.17) is 9.72 Å². The number of likely N-dealkylation sites (tertiary alicyclic amines) is 1. The number of amides is 2. The van der Waals surface area contributed by atoms with Gasteiger partial charge in [-0.3, -0.25) is 19.5 Å². The van der Waals surface area contributed by atoms with Gasteiger partial charge in [0.1, 0.15) is 5.60 Å². The smallest absolute Gasteiger partial charge is 0.410 e. The first-order valence-corrected chi connectivity index (χ1v) is 18.8. The van der Waals surface area contributed by atoms with Gasteiger partial charge < -0.3 is 29.7 Å². The fourth-order valence-electron chi connectivity index (χ4n) is 7.79.